The number of nitrogens with two attached hydrogens (primary N) is 1. The van der Waals surface area contributed by atoms with Gasteiger partial charge in [0.05, 0.1) is 24.9 Å². The maximum atomic E-state index is 14.3. The van der Waals surface area contributed by atoms with Crippen molar-refractivity contribution in [2.75, 3.05) is 26.2 Å². The van der Waals surface area contributed by atoms with Crippen LogP contribution in [0.4, 0.5) is 0 Å². The summed E-state index contributed by atoms with van der Waals surface area (Å²) in [6.45, 7) is 15.4. The zero-order chi connectivity index (χ0) is 56.8. The Bertz CT molecular complexity index is 2070. The molecule has 0 aliphatic carbocycles. The summed E-state index contributed by atoms with van der Waals surface area (Å²) in [6, 6.07) is -13.1. The molecule has 3 heterocycles. The molecule has 75 heavy (non-hydrogen) atoms. The van der Waals surface area contributed by atoms with Gasteiger partial charge in [-0.05, 0) is 90.4 Å². The zero-order valence-corrected chi connectivity index (χ0v) is 44.9. The molecule has 0 saturated carbocycles. The minimum absolute atomic E-state index is 0.0403. The van der Waals surface area contributed by atoms with Crippen LogP contribution in [-0.2, 0) is 52.7 Å². The number of amides is 10. The molecule has 3 aliphatic rings. The lowest BCUT2D eigenvalue weighted by atomic mass is 9.96. The van der Waals surface area contributed by atoms with Crippen molar-refractivity contribution in [3.8, 4) is 0 Å². The van der Waals surface area contributed by atoms with Gasteiger partial charge in [-0.15, -0.1) is 0 Å². The molecule has 0 aromatic carbocycles. The highest BCUT2D eigenvalue weighted by Gasteiger charge is 2.45. The normalized spacial score (nSPS) is 22.0. The average Bonchev–Trinajstić information content (AvgIpc) is 4.15. The van der Waals surface area contributed by atoms with E-state index in [0.717, 1.165) is 0 Å². The Labute approximate surface area is 438 Å². The first-order valence-corrected chi connectivity index (χ1v) is 26.1. The minimum Gasteiger partial charge on any atom is -0.480 e. The van der Waals surface area contributed by atoms with Crippen molar-refractivity contribution in [1.29, 1.82) is 0 Å². The van der Waals surface area contributed by atoms with Gasteiger partial charge in [0.25, 0.3) is 0 Å². The summed E-state index contributed by atoms with van der Waals surface area (Å²) in [7, 11) is 0. The van der Waals surface area contributed by atoms with Gasteiger partial charge in [-0.3, -0.25) is 47.9 Å². The van der Waals surface area contributed by atoms with E-state index in [4.69, 9.17) is 5.73 Å². The number of aliphatic hydroxyl groups excluding tert-OH is 3. The lowest BCUT2D eigenvalue weighted by molar-refractivity contribution is -0.152. The van der Waals surface area contributed by atoms with Crippen LogP contribution < -0.4 is 43.0 Å². The van der Waals surface area contributed by atoms with Crippen LogP contribution in [0.2, 0.25) is 0 Å². The standard InChI is InChI=1S/C49H83N11O15/c1-11-25(6)36(53-34(64)22-50)42(67)52-30(21-23(2)3)40(65)55-38(28(9)62)45(70)57-39(29(10)63)44(69)54-35(24(4)5)48(73)58-18-12-15-31(58)41(66)56-37(27(8)61)43(68)51-26(7)46(71)59-19-13-16-32(59)47(72)60-20-14-17-33(60)49(74)75/h23-33,35-39,61-63H,11-22,50H2,1-10H3,(H,51,68)(H,52,67)(H,53,64)(H,54,69)(H,55,65)(H,56,66)(H,57,70)(H,74,75)/t25-,26-,27+,28+,29+,30-,31-,32-,33-,35-,36-,37-,38-,39-/m0/s1. The maximum Gasteiger partial charge on any atom is 0.326 e. The fourth-order valence-electron chi connectivity index (χ4n) is 9.48. The quantitative estimate of drug-likeness (QED) is 0.0397. The average molecular weight is 1070 g/mol. The third-order valence-electron chi connectivity index (χ3n) is 14.0. The number of carbonyl (C=O) groups excluding carboxylic acids is 10. The Morgan fingerprint density at radius 1 is 0.520 bits per heavy atom. The van der Waals surface area contributed by atoms with Gasteiger partial charge in [0.2, 0.25) is 59.1 Å². The van der Waals surface area contributed by atoms with Gasteiger partial charge in [-0.25, -0.2) is 4.79 Å². The van der Waals surface area contributed by atoms with Crippen LogP contribution in [0.15, 0.2) is 0 Å². The Morgan fingerprint density at radius 2 is 0.960 bits per heavy atom. The van der Waals surface area contributed by atoms with Crippen LogP contribution in [0.5, 0.6) is 0 Å². The van der Waals surface area contributed by atoms with Gasteiger partial charge in [0.15, 0.2) is 0 Å². The van der Waals surface area contributed by atoms with E-state index in [2.05, 4.69) is 37.2 Å². The van der Waals surface area contributed by atoms with E-state index in [1.54, 1.807) is 34.6 Å². The van der Waals surface area contributed by atoms with E-state index < -0.39 is 150 Å². The molecule has 424 valence electrons. The molecule has 0 aromatic rings. The van der Waals surface area contributed by atoms with Crippen LogP contribution in [0.25, 0.3) is 0 Å². The van der Waals surface area contributed by atoms with E-state index in [1.165, 1.54) is 42.4 Å². The molecule has 0 unspecified atom stereocenters. The first-order valence-electron chi connectivity index (χ1n) is 26.1. The summed E-state index contributed by atoms with van der Waals surface area (Å²) in [6.07, 6.45) is -2.13. The number of nitrogens with zero attached hydrogens (tertiary/aromatic N) is 3. The van der Waals surface area contributed by atoms with Crippen LogP contribution in [0.3, 0.4) is 0 Å². The molecular weight excluding hydrogens is 983 g/mol. The topological polar surface area (TPSA) is 389 Å². The highest BCUT2D eigenvalue weighted by Crippen LogP contribution is 2.26. The summed E-state index contributed by atoms with van der Waals surface area (Å²) >= 11 is 0. The molecule has 26 nitrogen and oxygen atoms in total. The highest BCUT2D eigenvalue weighted by molar-refractivity contribution is 5.99. The molecule has 14 atom stereocenters. The molecule has 0 bridgehead atoms. The summed E-state index contributed by atoms with van der Waals surface area (Å²) < 4.78 is 0. The molecule has 0 spiro atoms. The second-order valence-electron chi connectivity index (χ2n) is 20.9. The smallest absolute Gasteiger partial charge is 0.326 e. The summed E-state index contributed by atoms with van der Waals surface area (Å²) in [4.78, 5) is 152. The predicted octanol–water partition coefficient (Wildman–Crippen LogP) is -3.69. The Hall–Kier alpha value is -5.99. The number of likely N-dealkylation sites (tertiary alicyclic amines) is 3. The Balaban J connectivity index is 1.72. The Kier molecular flexibility index (Phi) is 24.3. The van der Waals surface area contributed by atoms with Gasteiger partial charge in [0.1, 0.15) is 60.4 Å². The first kappa shape index (κ1) is 63.3. The molecule has 3 aliphatic heterocycles. The van der Waals surface area contributed by atoms with Gasteiger partial charge >= 0.3 is 5.97 Å². The first-order chi connectivity index (χ1) is 35.1. The second kappa shape index (κ2) is 28.8. The van der Waals surface area contributed by atoms with E-state index in [1.807, 2.05) is 6.92 Å². The van der Waals surface area contributed by atoms with Gasteiger partial charge in [0, 0.05) is 19.6 Å². The van der Waals surface area contributed by atoms with Crippen molar-refractivity contribution < 1.29 is 73.2 Å². The predicted molar refractivity (Wildman–Crippen MR) is 269 cm³/mol. The Morgan fingerprint density at radius 3 is 1.44 bits per heavy atom. The van der Waals surface area contributed by atoms with Crippen molar-refractivity contribution in [3.63, 3.8) is 0 Å². The van der Waals surface area contributed by atoms with Crippen LogP contribution in [0.1, 0.15) is 121 Å². The summed E-state index contributed by atoms with van der Waals surface area (Å²) in [5.74, 6) is -10.2. The van der Waals surface area contributed by atoms with E-state index >= 15 is 0 Å². The summed E-state index contributed by atoms with van der Waals surface area (Å²) in [5, 5.41) is 59.3. The SMILES string of the molecule is CC[C@H](C)[C@H](NC(=O)CN)C(=O)N[C@@H](CC(C)C)C(=O)N[C@H](C(=O)N[C@H](C(=O)N[C@H](C(=O)N1CCC[C@H]1C(=O)N[C@H](C(=O)N[C@@H](C)C(=O)N1CCC[C@H]1C(=O)N1CCC[C@H]1C(=O)O)[C@@H](C)O)C(C)C)[C@@H](C)O)[C@@H](C)O. The fourth-order valence-corrected chi connectivity index (χ4v) is 9.48. The van der Waals surface area contributed by atoms with Crippen LogP contribution in [-0.4, -0.2) is 205 Å². The lowest BCUT2D eigenvalue weighted by Gasteiger charge is -2.33. The molecule has 0 radical (unpaired) electrons. The highest BCUT2D eigenvalue weighted by atomic mass is 16.4. The molecule has 0 aromatic heterocycles. The number of rotatable bonds is 26. The molecule has 3 saturated heterocycles. The number of carboxylic acid groups (broad SMARTS) is 1. The number of aliphatic carboxylic acids is 1. The molecule has 3 rings (SSSR count). The van der Waals surface area contributed by atoms with E-state index in [9.17, 15) is 73.2 Å². The van der Waals surface area contributed by atoms with Crippen molar-refractivity contribution in [3.05, 3.63) is 0 Å². The van der Waals surface area contributed by atoms with E-state index in [0.29, 0.717) is 38.5 Å². The molecule has 3 fully saturated rings. The van der Waals surface area contributed by atoms with Gasteiger partial charge < -0.3 is 78.1 Å². The van der Waals surface area contributed by atoms with Crippen LogP contribution in [0, 0.1) is 17.8 Å². The van der Waals surface area contributed by atoms with Crippen molar-refractivity contribution in [2.45, 2.75) is 199 Å². The minimum atomic E-state index is -1.76. The fraction of sp³-hybridized carbons (Fsp3) is 0.776. The number of hydrogen-bond acceptors (Lipinski definition) is 15. The maximum absolute atomic E-state index is 14.3. The van der Waals surface area contributed by atoms with Gasteiger partial charge in [-0.2, -0.15) is 0 Å². The zero-order valence-electron chi connectivity index (χ0n) is 44.9. The molecular formula is C49H83N11O15. The van der Waals surface area contributed by atoms with E-state index in [-0.39, 0.29) is 50.9 Å². The number of carbonyl (C=O) groups is 11. The largest absolute Gasteiger partial charge is 0.480 e. The number of carboxylic acids is 1. The van der Waals surface area contributed by atoms with Crippen molar-refractivity contribution in [2.24, 2.45) is 23.5 Å². The summed E-state index contributed by atoms with van der Waals surface area (Å²) in [5.41, 5.74) is 5.45. The number of nitrogens with one attached hydrogen (secondary N) is 7. The van der Waals surface area contributed by atoms with Crippen molar-refractivity contribution in [1.82, 2.24) is 51.9 Å². The lowest BCUT2D eigenvalue weighted by Crippen LogP contribution is -2.64. The molecule has 26 heteroatoms. The monoisotopic (exact) mass is 1070 g/mol. The van der Waals surface area contributed by atoms with Crippen molar-refractivity contribution >= 4 is 65.0 Å². The second-order valence-corrected chi connectivity index (χ2v) is 20.9. The number of aliphatic hydroxyl groups is 3. The third kappa shape index (κ3) is 17.0. The van der Waals surface area contributed by atoms with Crippen LogP contribution >= 0.6 is 0 Å². The molecule has 13 N–H and O–H groups in total. The third-order valence-corrected chi connectivity index (χ3v) is 14.0. The van der Waals surface area contributed by atoms with Gasteiger partial charge in [-0.1, -0.05) is 48.0 Å². The molecule has 10 amide bonds. The number of hydrogen-bond donors (Lipinski definition) is 12.